The van der Waals surface area contributed by atoms with E-state index < -0.39 is 23.0 Å². The van der Waals surface area contributed by atoms with Crippen LogP contribution in [0.4, 0.5) is 24.8 Å². The standard InChI is InChI=1S/C21H32F3N5OS3/c1-27(13-16-14-29(33(2)30)9-10-31-16)17-12-18(26-19(25-17)21(22,23)24)28-8-11-32-20(15-28)6-4-3-5-7-20/h12,16H,3-11,13-15H2,1-2H3. The molecular formula is C21H32F3N5OS3. The quantitative estimate of drug-likeness (QED) is 0.580. The zero-order chi connectivity index (χ0) is 23.6. The van der Waals surface area contributed by atoms with E-state index in [9.17, 15) is 17.4 Å². The van der Waals surface area contributed by atoms with Gasteiger partial charge in [-0.05, 0) is 12.8 Å². The molecule has 3 fully saturated rings. The van der Waals surface area contributed by atoms with E-state index >= 15 is 0 Å². The average Bonchev–Trinajstić information content (AvgIpc) is 2.79. The molecule has 0 N–H and O–H groups in total. The minimum absolute atomic E-state index is 0.129. The van der Waals surface area contributed by atoms with Gasteiger partial charge in [0.2, 0.25) is 5.82 Å². The molecule has 3 heterocycles. The summed E-state index contributed by atoms with van der Waals surface area (Å²) in [5.74, 6) is 1.34. The normalized spacial score (nSPS) is 25.2. The predicted molar refractivity (Wildman–Crippen MR) is 133 cm³/mol. The molecule has 1 spiro atoms. The Hall–Kier alpha value is -0.720. The van der Waals surface area contributed by atoms with Crippen molar-refractivity contribution in [1.29, 1.82) is 0 Å². The zero-order valence-corrected chi connectivity index (χ0v) is 21.6. The van der Waals surface area contributed by atoms with Gasteiger partial charge in [-0.15, -0.1) is 0 Å². The van der Waals surface area contributed by atoms with Crippen LogP contribution in [0, 0.1) is 0 Å². The number of hydrogen-bond acceptors (Lipinski definition) is 7. The van der Waals surface area contributed by atoms with Crippen molar-refractivity contribution in [1.82, 2.24) is 14.3 Å². The van der Waals surface area contributed by atoms with Crippen LogP contribution in [0.3, 0.4) is 0 Å². The highest BCUT2D eigenvalue weighted by Gasteiger charge is 2.40. The Bertz CT molecular complexity index is 847. The van der Waals surface area contributed by atoms with Crippen LogP contribution in [0.15, 0.2) is 6.07 Å². The molecule has 2 unspecified atom stereocenters. The Morgan fingerprint density at radius 1 is 1.21 bits per heavy atom. The maximum atomic E-state index is 13.7. The first-order valence-corrected chi connectivity index (χ1v) is 15.0. The molecular weight excluding hydrogens is 491 g/mol. The number of thioether (sulfide) groups is 2. The second-order valence-corrected chi connectivity index (χ2v) is 13.4. The van der Waals surface area contributed by atoms with E-state index in [1.54, 1.807) is 36.0 Å². The highest BCUT2D eigenvalue weighted by Crippen LogP contribution is 2.44. The Balaban J connectivity index is 1.55. The van der Waals surface area contributed by atoms with Gasteiger partial charge in [-0.3, -0.25) is 0 Å². The van der Waals surface area contributed by atoms with Crippen LogP contribution in [0.25, 0.3) is 0 Å². The number of alkyl halides is 3. The zero-order valence-electron chi connectivity index (χ0n) is 19.1. The van der Waals surface area contributed by atoms with E-state index in [-0.39, 0.29) is 10.00 Å². The largest absolute Gasteiger partial charge is 0.451 e. The molecule has 186 valence electrons. The molecule has 3 aliphatic rings. The van der Waals surface area contributed by atoms with Gasteiger partial charge in [0.15, 0.2) is 0 Å². The molecule has 1 aromatic heterocycles. The molecule has 0 radical (unpaired) electrons. The third-order valence-corrected chi connectivity index (χ3v) is 10.4. The molecule has 1 saturated carbocycles. The van der Waals surface area contributed by atoms with E-state index in [1.165, 1.54) is 19.3 Å². The first-order chi connectivity index (χ1) is 15.7. The molecule has 6 nitrogen and oxygen atoms in total. The summed E-state index contributed by atoms with van der Waals surface area (Å²) in [5, 5.41) is 0.150. The molecule has 1 aromatic rings. The number of anilines is 2. The fraction of sp³-hybridized carbons (Fsp3) is 0.810. The van der Waals surface area contributed by atoms with Gasteiger partial charge in [-0.2, -0.15) is 36.7 Å². The van der Waals surface area contributed by atoms with Crippen LogP contribution >= 0.6 is 23.5 Å². The summed E-state index contributed by atoms with van der Waals surface area (Å²) >= 11 is 3.75. The lowest BCUT2D eigenvalue weighted by Crippen LogP contribution is -2.48. The summed E-state index contributed by atoms with van der Waals surface area (Å²) in [5.41, 5.74) is 0. The van der Waals surface area contributed by atoms with Crippen molar-refractivity contribution in [2.24, 2.45) is 0 Å². The number of nitrogens with zero attached hydrogens (tertiary/aromatic N) is 5. The first-order valence-electron chi connectivity index (χ1n) is 11.4. The van der Waals surface area contributed by atoms with E-state index in [1.807, 2.05) is 21.0 Å². The first kappa shape index (κ1) is 25.4. The summed E-state index contributed by atoms with van der Waals surface area (Å²) in [6, 6.07) is 1.71. The molecule has 1 aliphatic carbocycles. The highest BCUT2D eigenvalue weighted by molar-refractivity contribution is 8.00. The molecule has 2 aliphatic heterocycles. The van der Waals surface area contributed by atoms with E-state index in [0.29, 0.717) is 31.3 Å². The molecule has 12 heteroatoms. The van der Waals surface area contributed by atoms with Gasteiger partial charge in [0.05, 0.1) is 11.0 Å². The number of rotatable bonds is 5. The van der Waals surface area contributed by atoms with Crippen molar-refractivity contribution in [2.75, 3.05) is 67.3 Å². The van der Waals surface area contributed by atoms with Crippen molar-refractivity contribution in [3.63, 3.8) is 0 Å². The minimum Gasteiger partial charge on any atom is -0.358 e. The Labute approximate surface area is 205 Å². The second-order valence-electron chi connectivity index (χ2n) is 9.10. The van der Waals surface area contributed by atoms with Crippen molar-refractivity contribution in [2.45, 2.75) is 48.3 Å². The van der Waals surface area contributed by atoms with Gasteiger partial charge in [0.1, 0.15) is 11.6 Å². The van der Waals surface area contributed by atoms with Gasteiger partial charge in [-0.25, -0.2) is 18.5 Å². The summed E-state index contributed by atoms with van der Waals surface area (Å²) in [7, 11) is 0.739. The summed E-state index contributed by atoms with van der Waals surface area (Å²) in [4.78, 5) is 11.7. The molecule has 33 heavy (non-hydrogen) atoms. The topological polar surface area (TPSA) is 52.6 Å². The smallest absolute Gasteiger partial charge is 0.358 e. The molecule has 0 aromatic carbocycles. The van der Waals surface area contributed by atoms with Gasteiger partial charge < -0.3 is 9.80 Å². The Morgan fingerprint density at radius 3 is 2.67 bits per heavy atom. The SMILES string of the molecule is CN(CC1CN(S(C)=O)CCS1)c1cc(N2CCSC3(CCCCC3)C2)nc(C(F)(F)F)n1. The monoisotopic (exact) mass is 523 g/mol. The van der Waals surface area contributed by atoms with Gasteiger partial charge in [0, 0.05) is 73.6 Å². The predicted octanol–water partition coefficient (Wildman–Crippen LogP) is 3.90. The maximum absolute atomic E-state index is 13.7. The van der Waals surface area contributed by atoms with Crippen LogP contribution in [-0.4, -0.2) is 86.0 Å². The van der Waals surface area contributed by atoms with Gasteiger partial charge in [0.25, 0.3) is 0 Å². The Morgan fingerprint density at radius 2 is 1.97 bits per heavy atom. The van der Waals surface area contributed by atoms with Gasteiger partial charge in [-0.1, -0.05) is 19.3 Å². The third kappa shape index (κ3) is 6.29. The highest BCUT2D eigenvalue weighted by atomic mass is 32.2. The lowest BCUT2D eigenvalue weighted by Gasteiger charge is -2.45. The van der Waals surface area contributed by atoms with Crippen LogP contribution in [-0.2, 0) is 17.2 Å². The minimum atomic E-state index is -4.60. The number of aromatic nitrogens is 2. The molecule has 0 bridgehead atoms. The van der Waals surface area contributed by atoms with Gasteiger partial charge >= 0.3 is 6.18 Å². The summed E-state index contributed by atoms with van der Waals surface area (Å²) in [6.07, 6.45) is 2.91. The Kier molecular flexibility index (Phi) is 8.07. The van der Waals surface area contributed by atoms with Crippen molar-refractivity contribution < 1.29 is 17.4 Å². The second kappa shape index (κ2) is 10.5. The lowest BCUT2D eigenvalue weighted by molar-refractivity contribution is -0.144. The number of hydrogen-bond donors (Lipinski definition) is 0. The van der Waals surface area contributed by atoms with Crippen molar-refractivity contribution in [3.8, 4) is 0 Å². The molecule has 0 amide bonds. The van der Waals surface area contributed by atoms with Crippen LogP contribution in [0.5, 0.6) is 0 Å². The molecule has 4 rings (SSSR count). The van der Waals surface area contributed by atoms with Crippen molar-refractivity contribution in [3.05, 3.63) is 11.9 Å². The lowest BCUT2D eigenvalue weighted by atomic mass is 9.87. The van der Waals surface area contributed by atoms with Crippen LogP contribution in [0.2, 0.25) is 0 Å². The fourth-order valence-corrected chi connectivity index (χ4v) is 8.67. The molecule has 2 atom stereocenters. The third-order valence-electron chi connectivity index (χ3n) is 6.62. The summed E-state index contributed by atoms with van der Waals surface area (Å²) in [6.45, 7) is 3.38. The van der Waals surface area contributed by atoms with Crippen LogP contribution in [0.1, 0.15) is 37.9 Å². The van der Waals surface area contributed by atoms with E-state index in [0.717, 1.165) is 37.4 Å². The fourth-order valence-electron chi connectivity index (χ4n) is 4.88. The van der Waals surface area contributed by atoms with E-state index in [2.05, 4.69) is 9.97 Å². The maximum Gasteiger partial charge on any atom is 0.451 e. The number of halogens is 3. The van der Waals surface area contributed by atoms with Crippen molar-refractivity contribution >= 4 is 46.1 Å². The van der Waals surface area contributed by atoms with E-state index in [4.69, 9.17) is 0 Å². The molecule has 2 saturated heterocycles. The summed E-state index contributed by atoms with van der Waals surface area (Å²) < 4.78 is 55.0. The van der Waals surface area contributed by atoms with Crippen LogP contribution < -0.4 is 9.80 Å². The average molecular weight is 524 g/mol.